The fourth-order valence-corrected chi connectivity index (χ4v) is 5.45. The van der Waals surface area contributed by atoms with Crippen LogP contribution in [0.3, 0.4) is 0 Å². The van der Waals surface area contributed by atoms with Gasteiger partial charge in [-0.2, -0.15) is 4.37 Å². The molecule has 0 spiro atoms. The molecule has 2 bridgehead atoms. The van der Waals surface area contributed by atoms with Gasteiger partial charge in [-0.05, 0) is 85.7 Å². The van der Waals surface area contributed by atoms with Crippen molar-refractivity contribution >= 4 is 40.1 Å². The highest BCUT2D eigenvalue weighted by Crippen LogP contribution is 2.29. The van der Waals surface area contributed by atoms with E-state index in [9.17, 15) is 14.0 Å². The zero-order valence-corrected chi connectivity index (χ0v) is 19.0. The molecule has 3 aliphatic rings. The normalized spacial score (nSPS) is 21.7. The lowest BCUT2D eigenvalue weighted by Gasteiger charge is -2.44. The van der Waals surface area contributed by atoms with Gasteiger partial charge < -0.3 is 20.9 Å². The first kappa shape index (κ1) is 21.8. The summed E-state index contributed by atoms with van der Waals surface area (Å²) in [6, 6.07) is 11.5. The second-order valence-electron chi connectivity index (χ2n) is 8.72. The lowest BCUT2D eigenvalue weighted by molar-refractivity contribution is 0.0623. The Morgan fingerprint density at radius 3 is 2.64 bits per heavy atom. The maximum absolute atomic E-state index is 13.0. The number of carbonyl (C=O) groups excluding carboxylic acids is 2. The number of nitrogens with one attached hydrogen (secondary N) is 3. The van der Waals surface area contributed by atoms with Gasteiger partial charge in [0.15, 0.2) is 0 Å². The predicted molar refractivity (Wildman–Crippen MR) is 127 cm³/mol. The molecule has 0 aliphatic carbocycles. The average molecular weight is 468 g/mol. The van der Waals surface area contributed by atoms with E-state index in [-0.39, 0.29) is 23.8 Å². The molecule has 3 amide bonds. The van der Waals surface area contributed by atoms with Gasteiger partial charge in [0.2, 0.25) is 0 Å². The number of amides is 3. The second kappa shape index (κ2) is 9.44. The zero-order valence-electron chi connectivity index (χ0n) is 18.1. The van der Waals surface area contributed by atoms with Crippen molar-refractivity contribution < 1.29 is 14.0 Å². The van der Waals surface area contributed by atoms with Crippen LogP contribution in [0, 0.1) is 11.7 Å². The number of nitrogens with zero attached hydrogens (tertiary/aromatic N) is 2. The molecule has 6 rings (SSSR count). The van der Waals surface area contributed by atoms with Crippen molar-refractivity contribution in [3.8, 4) is 0 Å². The summed E-state index contributed by atoms with van der Waals surface area (Å²) in [6.07, 6.45) is 2.90. The summed E-state index contributed by atoms with van der Waals surface area (Å²) >= 11 is 1.19. The summed E-state index contributed by atoms with van der Waals surface area (Å²) in [7, 11) is 0. The van der Waals surface area contributed by atoms with E-state index in [2.05, 4.69) is 25.2 Å². The maximum atomic E-state index is 13.0. The highest BCUT2D eigenvalue weighted by atomic mass is 32.1. The van der Waals surface area contributed by atoms with Crippen LogP contribution in [0.1, 0.15) is 28.1 Å². The molecule has 1 atom stereocenters. The Labute approximate surface area is 195 Å². The Bertz CT molecular complexity index is 1160. The van der Waals surface area contributed by atoms with E-state index >= 15 is 0 Å². The van der Waals surface area contributed by atoms with Crippen molar-refractivity contribution in [1.29, 1.82) is 0 Å². The number of halogens is 1. The third kappa shape index (κ3) is 4.99. The van der Waals surface area contributed by atoms with Crippen molar-refractivity contribution in [2.24, 2.45) is 5.92 Å². The minimum Gasteiger partial charge on any atom is -0.347 e. The van der Waals surface area contributed by atoms with Gasteiger partial charge in [-0.3, -0.25) is 4.79 Å². The minimum absolute atomic E-state index is 0.0690. The molecule has 172 valence electrons. The number of piperidine rings is 3. The maximum Gasteiger partial charge on any atom is 0.319 e. The summed E-state index contributed by atoms with van der Waals surface area (Å²) in [4.78, 5) is 28.2. The highest BCUT2D eigenvalue weighted by molar-refractivity contribution is 7.09. The van der Waals surface area contributed by atoms with Crippen molar-refractivity contribution in [3.63, 3.8) is 0 Å². The van der Waals surface area contributed by atoms with E-state index in [0.29, 0.717) is 35.0 Å². The van der Waals surface area contributed by atoms with Gasteiger partial charge in [-0.25, -0.2) is 9.18 Å². The van der Waals surface area contributed by atoms with E-state index in [1.165, 1.54) is 23.7 Å². The third-order valence-electron chi connectivity index (χ3n) is 6.53. The first-order chi connectivity index (χ1) is 16.0. The molecular formula is C24H26FN5O2S. The van der Waals surface area contributed by atoms with E-state index in [1.807, 2.05) is 6.07 Å². The number of fused-ring (bicyclic) bond motifs is 4. The van der Waals surface area contributed by atoms with E-state index in [1.54, 1.807) is 24.3 Å². The summed E-state index contributed by atoms with van der Waals surface area (Å²) in [6.45, 7) is 3.63. The number of benzene rings is 2. The van der Waals surface area contributed by atoms with Crippen LogP contribution in [-0.4, -0.2) is 53.4 Å². The summed E-state index contributed by atoms with van der Waals surface area (Å²) < 4.78 is 17.4. The SMILES string of the molecule is O=C(NCCc1ccc(F)cc1)Nc1ccc2c(C(=O)N[C@H]3CN4CCC3CC4)snc2c1. The molecule has 3 aromatic rings. The molecule has 2 aromatic carbocycles. The predicted octanol–water partition coefficient (Wildman–Crippen LogP) is 3.62. The van der Waals surface area contributed by atoms with E-state index in [0.717, 1.165) is 43.4 Å². The van der Waals surface area contributed by atoms with Crippen molar-refractivity contribution in [3.05, 3.63) is 58.7 Å². The molecule has 3 N–H and O–H groups in total. The van der Waals surface area contributed by atoms with Crippen molar-refractivity contribution in [2.75, 3.05) is 31.5 Å². The smallest absolute Gasteiger partial charge is 0.319 e. The van der Waals surface area contributed by atoms with Crippen LogP contribution in [0.15, 0.2) is 42.5 Å². The van der Waals surface area contributed by atoms with Crippen LogP contribution in [-0.2, 0) is 6.42 Å². The second-order valence-corrected chi connectivity index (χ2v) is 9.49. The Kier molecular flexibility index (Phi) is 6.24. The lowest BCUT2D eigenvalue weighted by Crippen LogP contribution is -2.57. The summed E-state index contributed by atoms with van der Waals surface area (Å²) in [5.41, 5.74) is 2.24. The van der Waals surface area contributed by atoms with Crippen LogP contribution in [0.25, 0.3) is 10.9 Å². The molecule has 4 heterocycles. The molecule has 0 unspecified atom stereocenters. The number of urea groups is 1. The van der Waals surface area contributed by atoms with Crippen LogP contribution < -0.4 is 16.0 Å². The lowest BCUT2D eigenvalue weighted by atomic mass is 9.84. The molecule has 3 saturated heterocycles. The molecule has 0 saturated carbocycles. The van der Waals surface area contributed by atoms with Gasteiger partial charge in [0.05, 0.1) is 5.52 Å². The van der Waals surface area contributed by atoms with Gasteiger partial charge in [-0.15, -0.1) is 0 Å². The quantitative estimate of drug-likeness (QED) is 0.517. The Balaban J connectivity index is 1.17. The Hall–Kier alpha value is -3.04. The van der Waals surface area contributed by atoms with Crippen LogP contribution in [0.5, 0.6) is 0 Å². The molecule has 3 aliphatic heterocycles. The fraction of sp³-hybridized carbons (Fsp3) is 0.375. The topological polar surface area (TPSA) is 86.4 Å². The van der Waals surface area contributed by atoms with E-state index < -0.39 is 0 Å². The van der Waals surface area contributed by atoms with Gasteiger partial charge in [0, 0.05) is 30.2 Å². The number of rotatable bonds is 6. The monoisotopic (exact) mass is 467 g/mol. The zero-order chi connectivity index (χ0) is 22.8. The summed E-state index contributed by atoms with van der Waals surface area (Å²) in [5, 5.41) is 9.61. The van der Waals surface area contributed by atoms with Crippen LogP contribution >= 0.6 is 11.5 Å². The molecule has 3 fully saturated rings. The third-order valence-corrected chi connectivity index (χ3v) is 7.40. The number of hydrogen-bond acceptors (Lipinski definition) is 5. The van der Waals surface area contributed by atoms with Crippen LogP contribution in [0.2, 0.25) is 0 Å². The van der Waals surface area contributed by atoms with E-state index in [4.69, 9.17) is 0 Å². The molecule has 33 heavy (non-hydrogen) atoms. The number of hydrogen-bond donors (Lipinski definition) is 3. The number of carbonyl (C=O) groups is 2. The molecule has 1 aromatic heterocycles. The summed E-state index contributed by atoms with van der Waals surface area (Å²) in [5.74, 6) is 0.220. The van der Waals surface area contributed by atoms with Crippen LogP contribution in [0.4, 0.5) is 14.9 Å². The van der Waals surface area contributed by atoms with Crippen molar-refractivity contribution in [2.45, 2.75) is 25.3 Å². The number of aromatic nitrogens is 1. The Morgan fingerprint density at radius 1 is 1.12 bits per heavy atom. The van der Waals surface area contributed by atoms with Gasteiger partial charge >= 0.3 is 6.03 Å². The average Bonchev–Trinajstić information content (AvgIpc) is 3.24. The highest BCUT2D eigenvalue weighted by Gasteiger charge is 2.35. The fourth-order valence-electron chi connectivity index (χ4n) is 4.69. The molecule has 9 heteroatoms. The first-order valence-corrected chi connectivity index (χ1v) is 12.0. The Morgan fingerprint density at radius 2 is 1.91 bits per heavy atom. The van der Waals surface area contributed by atoms with Crippen molar-refractivity contribution in [1.82, 2.24) is 19.9 Å². The van der Waals surface area contributed by atoms with Gasteiger partial charge in [-0.1, -0.05) is 12.1 Å². The largest absolute Gasteiger partial charge is 0.347 e. The molecule has 7 nitrogen and oxygen atoms in total. The molecule has 0 radical (unpaired) electrons. The molecular weight excluding hydrogens is 441 g/mol. The van der Waals surface area contributed by atoms with Gasteiger partial charge in [0.25, 0.3) is 5.91 Å². The van der Waals surface area contributed by atoms with Gasteiger partial charge in [0.1, 0.15) is 10.7 Å². The minimum atomic E-state index is -0.327. The number of anilines is 1. The standard InChI is InChI=1S/C24H26FN5O2S/c25-17-3-1-15(2-4-17)7-10-26-24(32)27-18-5-6-19-20(13-18)29-33-22(19)23(31)28-21-14-30-11-8-16(21)9-12-30/h1-6,13,16,21H,7-12,14H2,(H,28,31)(H2,26,27,32)/t21-/m0/s1. The first-order valence-electron chi connectivity index (χ1n) is 11.3.